The molecule has 1 saturated heterocycles. The second-order valence-corrected chi connectivity index (χ2v) is 6.95. The van der Waals surface area contributed by atoms with Crippen LogP contribution in [0.3, 0.4) is 0 Å². The lowest BCUT2D eigenvalue weighted by atomic mass is 9.93. The number of hydrogen-bond donors (Lipinski definition) is 1. The minimum atomic E-state index is 0.635. The molecule has 3 unspecified atom stereocenters. The van der Waals surface area contributed by atoms with Crippen LogP contribution in [0.1, 0.15) is 40.5 Å². The molecule has 1 aromatic rings. The van der Waals surface area contributed by atoms with E-state index in [1.807, 2.05) is 16.9 Å². The zero-order valence-electron chi connectivity index (χ0n) is 14.1. The number of hydrogen-bond acceptors (Lipinski definition) is 3. The van der Waals surface area contributed by atoms with Gasteiger partial charge in [0.1, 0.15) is 0 Å². The summed E-state index contributed by atoms with van der Waals surface area (Å²) in [5.41, 5.74) is 0. The monoisotopic (exact) mass is 292 g/mol. The fourth-order valence-corrected chi connectivity index (χ4v) is 3.26. The Morgan fingerprint density at radius 2 is 2.10 bits per heavy atom. The lowest BCUT2D eigenvalue weighted by molar-refractivity contribution is 0.0912. The molecule has 2 heterocycles. The molecule has 0 bridgehead atoms. The Kier molecular flexibility index (Phi) is 6.24. The predicted octanol–water partition coefficient (Wildman–Crippen LogP) is 2.62. The first-order valence-corrected chi connectivity index (χ1v) is 8.55. The molecule has 4 heteroatoms. The molecule has 4 nitrogen and oxygen atoms in total. The minimum Gasteiger partial charge on any atom is -0.311 e. The summed E-state index contributed by atoms with van der Waals surface area (Å²) >= 11 is 0. The van der Waals surface area contributed by atoms with Crippen LogP contribution in [0.4, 0.5) is 0 Å². The van der Waals surface area contributed by atoms with Gasteiger partial charge in [0.15, 0.2) is 0 Å². The lowest BCUT2D eigenvalue weighted by Crippen LogP contribution is -2.59. The van der Waals surface area contributed by atoms with Crippen molar-refractivity contribution in [3.63, 3.8) is 0 Å². The summed E-state index contributed by atoms with van der Waals surface area (Å²) in [7, 11) is 0. The van der Waals surface area contributed by atoms with Gasteiger partial charge in [0.2, 0.25) is 0 Å². The summed E-state index contributed by atoms with van der Waals surface area (Å²) in [6, 6.07) is 3.31. The van der Waals surface area contributed by atoms with Crippen LogP contribution in [-0.4, -0.2) is 46.4 Å². The highest BCUT2D eigenvalue weighted by Gasteiger charge is 2.30. The van der Waals surface area contributed by atoms with E-state index in [1.54, 1.807) is 0 Å². The summed E-state index contributed by atoms with van der Waals surface area (Å²) in [5.74, 6) is 1.50. The molecule has 0 spiro atoms. The van der Waals surface area contributed by atoms with Gasteiger partial charge in [-0.05, 0) is 24.3 Å². The van der Waals surface area contributed by atoms with E-state index in [-0.39, 0.29) is 0 Å². The fourth-order valence-electron chi connectivity index (χ4n) is 3.26. The minimum absolute atomic E-state index is 0.635. The number of rotatable bonds is 7. The fraction of sp³-hybridized carbons (Fsp3) is 0.824. The SMILES string of the molecule is CCC(C)C1CN(CCn2cccn2)C(CC(C)C)CN1. The lowest BCUT2D eigenvalue weighted by Gasteiger charge is -2.43. The Bertz CT molecular complexity index is 388. The van der Waals surface area contributed by atoms with Crippen LogP contribution >= 0.6 is 0 Å². The van der Waals surface area contributed by atoms with Crippen molar-refractivity contribution >= 4 is 0 Å². The smallest absolute Gasteiger partial charge is 0.0536 e. The van der Waals surface area contributed by atoms with E-state index in [0.29, 0.717) is 12.1 Å². The van der Waals surface area contributed by atoms with Crippen molar-refractivity contribution in [3.8, 4) is 0 Å². The van der Waals surface area contributed by atoms with Crippen molar-refractivity contribution in [2.24, 2.45) is 11.8 Å². The van der Waals surface area contributed by atoms with E-state index >= 15 is 0 Å². The largest absolute Gasteiger partial charge is 0.311 e. The van der Waals surface area contributed by atoms with Crippen LogP contribution in [0.5, 0.6) is 0 Å². The maximum Gasteiger partial charge on any atom is 0.0536 e. The molecule has 0 amide bonds. The van der Waals surface area contributed by atoms with E-state index in [9.17, 15) is 0 Å². The second-order valence-electron chi connectivity index (χ2n) is 6.95. The van der Waals surface area contributed by atoms with Gasteiger partial charge in [0, 0.05) is 44.1 Å². The van der Waals surface area contributed by atoms with Gasteiger partial charge in [-0.3, -0.25) is 9.58 Å². The molecule has 0 aliphatic carbocycles. The maximum absolute atomic E-state index is 4.33. The molecule has 1 N–H and O–H groups in total. The van der Waals surface area contributed by atoms with Crippen molar-refractivity contribution in [3.05, 3.63) is 18.5 Å². The van der Waals surface area contributed by atoms with Crippen LogP contribution in [0, 0.1) is 11.8 Å². The van der Waals surface area contributed by atoms with Crippen molar-refractivity contribution in [1.29, 1.82) is 0 Å². The molecule has 3 atom stereocenters. The standard InChI is InChI=1S/C17H32N4/c1-5-15(4)17-13-20(9-10-21-8-6-7-19-21)16(12-18-17)11-14(2)3/h6-8,14-18H,5,9-13H2,1-4H3. The Morgan fingerprint density at radius 1 is 1.29 bits per heavy atom. The van der Waals surface area contributed by atoms with E-state index in [0.717, 1.165) is 31.5 Å². The van der Waals surface area contributed by atoms with Crippen LogP contribution < -0.4 is 5.32 Å². The average molecular weight is 292 g/mol. The molecule has 0 radical (unpaired) electrons. The molecule has 2 rings (SSSR count). The molecule has 1 aliphatic rings. The Hall–Kier alpha value is -0.870. The highest BCUT2D eigenvalue weighted by molar-refractivity contribution is 4.89. The molecule has 1 fully saturated rings. The molecule has 120 valence electrons. The average Bonchev–Trinajstić information content (AvgIpc) is 2.98. The van der Waals surface area contributed by atoms with Gasteiger partial charge in [0.25, 0.3) is 0 Å². The number of aromatic nitrogens is 2. The third kappa shape index (κ3) is 4.82. The zero-order chi connectivity index (χ0) is 15.2. The van der Waals surface area contributed by atoms with Gasteiger partial charge < -0.3 is 5.32 Å². The van der Waals surface area contributed by atoms with Crippen molar-refractivity contribution in [1.82, 2.24) is 20.0 Å². The Balaban J connectivity index is 1.94. The highest BCUT2D eigenvalue weighted by atomic mass is 15.3. The first-order chi connectivity index (χ1) is 10.1. The number of nitrogens with one attached hydrogen (secondary N) is 1. The quantitative estimate of drug-likeness (QED) is 0.838. The van der Waals surface area contributed by atoms with Crippen molar-refractivity contribution in [2.45, 2.75) is 59.2 Å². The van der Waals surface area contributed by atoms with Crippen LogP contribution in [0.2, 0.25) is 0 Å². The number of piperazine rings is 1. The van der Waals surface area contributed by atoms with E-state index < -0.39 is 0 Å². The zero-order valence-corrected chi connectivity index (χ0v) is 14.1. The highest BCUT2D eigenvalue weighted by Crippen LogP contribution is 2.19. The summed E-state index contributed by atoms with van der Waals surface area (Å²) in [4.78, 5) is 2.69. The topological polar surface area (TPSA) is 33.1 Å². The van der Waals surface area contributed by atoms with Crippen molar-refractivity contribution in [2.75, 3.05) is 19.6 Å². The predicted molar refractivity (Wildman–Crippen MR) is 88.3 cm³/mol. The molecule has 0 aromatic carbocycles. The van der Waals surface area contributed by atoms with Gasteiger partial charge in [-0.1, -0.05) is 34.1 Å². The first-order valence-electron chi connectivity index (χ1n) is 8.55. The van der Waals surface area contributed by atoms with Crippen LogP contribution in [0.15, 0.2) is 18.5 Å². The molecule has 21 heavy (non-hydrogen) atoms. The Labute approximate surface area is 129 Å². The summed E-state index contributed by atoms with van der Waals surface area (Å²) < 4.78 is 2.05. The van der Waals surface area contributed by atoms with Gasteiger partial charge >= 0.3 is 0 Å². The molecule has 1 aliphatic heterocycles. The number of nitrogens with zero attached hydrogens (tertiary/aromatic N) is 3. The molecular weight excluding hydrogens is 260 g/mol. The molecule has 1 aromatic heterocycles. The summed E-state index contributed by atoms with van der Waals surface area (Å²) in [5, 5.41) is 8.12. The first kappa shape index (κ1) is 16.5. The molecule has 0 saturated carbocycles. The molecular formula is C17H32N4. The third-order valence-corrected chi connectivity index (χ3v) is 4.81. The third-order valence-electron chi connectivity index (χ3n) is 4.81. The van der Waals surface area contributed by atoms with Gasteiger partial charge in [0.05, 0.1) is 6.54 Å². The summed E-state index contributed by atoms with van der Waals surface area (Å²) in [6.45, 7) is 13.7. The van der Waals surface area contributed by atoms with Crippen LogP contribution in [-0.2, 0) is 6.54 Å². The van der Waals surface area contributed by atoms with Crippen LogP contribution in [0.25, 0.3) is 0 Å². The maximum atomic E-state index is 4.33. The van der Waals surface area contributed by atoms with Gasteiger partial charge in [-0.25, -0.2) is 0 Å². The summed E-state index contributed by atoms with van der Waals surface area (Å²) in [6.07, 6.45) is 6.45. The van der Waals surface area contributed by atoms with E-state index in [4.69, 9.17) is 0 Å². The van der Waals surface area contributed by atoms with E-state index in [2.05, 4.69) is 49.2 Å². The second kappa shape index (κ2) is 7.95. The Morgan fingerprint density at radius 3 is 2.71 bits per heavy atom. The normalized spacial score (nSPS) is 25.4. The van der Waals surface area contributed by atoms with E-state index in [1.165, 1.54) is 19.4 Å². The van der Waals surface area contributed by atoms with Crippen molar-refractivity contribution < 1.29 is 0 Å². The van der Waals surface area contributed by atoms with Gasteiger partial charge in [-0.15, -0.1) is 0 Å². The van der Waals surface area contributed by atoms with Gasteiger partial charge in [-0.2, -0.15) is 5.10 Å².